The second-order valence-corrected chi connectivity index (χ2v) is 11.5. The van der Waals surface area contributed by atoms with Gasteiger partial charge < -0.3 is 20.3 Å². The van der Waals surface area contributed by atoms with Crippen molar-refractivity contribution in [3.63, 3.8) is 0 Å². The first-order valence-electron chi connectivity index (χ1n) is 10.6. The molecule has 1 saturated heterocycles. The number of nitrogens with zero attached hydrogens (tertiary/aromatic N) is 3. The zero-order valence-electron chi connectivity index (χ0n) is 19.1. The topological polar surface area (TPSA) is 120 Å². The molecule has 1 fully saturated rings. The van der Waals surface area contributed by atoms with E-state index in [9.17, 15) is 13.9 Å². The van der Waals surface area contributed by atoms with Gasteiger partial charge in [-0.1, -0.05) is 20.8 Å². The Morgan fingerprint density at radius 2 is 1.81 bits per heavy atom. The molecule has 3 rings (SSSR count). The third-order valence-electron chi connectivity index (χ3n) is 4.70. The molecule has 10 heteroatoms. The van der Waals surface area contributed by atoms with Crippen LogP contribution in [0.2, 0.25) is 0 Å². The van der Waals surface area contributed by atoms with Gasteiger partial charge >= 0.3 is 6.03 Å². The van der Waals surface area contributed by atoms with Crippen LogP contribution in [0.3, 0.4) is 0 Å². The lowest BCUT2D eigenvalue weighted by atomic mass is 9.97. The fraction of sp³-hybridized carbons (Fsp3) is 0.500. The number of urea groups is 1. The summed E-state index contributed by atoms with van der Waals surface area (Å²) in [5.74, 6) is 1.30. The van der Waals surface area contributed by atoms with Crippen molar-refractivity contribution < 1.29 is 18.6 Å². The summed E-state index contributed by atoms with van der Waals surface area (Å²) < 4.78 is 25.3. The quantitative estimate of drug-likeness (QED) is 0.510. The molecule has 2 amide bonds. The van der Waals surface area contributed by atoms with Crippen LogP contribution in [-0.2, 0) is 10.5 Å². The normalized spacial score (nSPS) is 15.4. The number of rotatable bonds is 6. The molecule has 1 aliphatic heterocycles. The van der Waals surface area contributed by atoms with Crippen molar-refractivity contribution in [2.75, 3.05) is 49.3 Å². The highest BCUT2D eigenvalue weighted by Gasteiger charge is 2.18. The first-order chi connectivity index (χ1) is 15.0. The molecule has 176 valence electrons. The maximum absolute atomic E-state index is 12.1. The highest BCUT2D eigenvalue weighted by Crippen LogP contribution is 2.38. The zero-order chi connectivity index (χ0) is 23.4. The molecule has 4 N–H and O–H groups in total. The van der Waals surface area contributed by atoms with E-state index in [1.54, 1.807) is 12.1 Å². The largest absolute Gasteiger partial charge is 0.378 e. The molecule has 1 aromatic carbocycles. The predicted octanol–water partition coefficient (Wildman–Crippen LogP) is 4.03. The summed E-state index contributed by atoms with van der Waals surface area (Å²) in [6, 6.07) is 8.82. The first kappa shape index (κ1) is 24.2. The molecule has 1 aromatic heterocycles. The van der Waals surface area contributed by atoms with Gasteiger partial charge in [0, 0.05) is 43.2 Å². The van der Waals surface area contributed by atoms with Crippen molar-refractivity contribution in [1.82, 2.24) is 15.3 Å². The van der Waals surface area contributed by atoms with E-state index < -0.39 is 10.6 Å². The van der Waals surface area contributed by atoms with Crippen molar-refractivity contribution in [1.29, 1.82) is 0 Å². The standard InChI is InChI=1S/C22H33N5O4S/c1-22(2,3)15-23-21(28)25-17-7-5-16(6-8-17)20-24-18(14-32(4,29)30)13-19(26-20)27-9-11-31-12-10-27/h5-8,13,29-30H,9-12,14-15H2,1-4H3,(H2,23,25,28). The number of morpholine rings is 1. The third-order valence-corrected chi connectivity index (χ3v) is 5.54. The number of carbonyl (C=O) groups excluding carboxylic acids is 1. The van der Waals surface area contributed by atoms with Gasteiger partial charge in [-0.15, -0.1) is 0 Å². The maximum Gasteiger partial charge on any atom is 0.319 e. The summed E-state index contributed by atoms with van der Waals surface area (Å²) in [7, 11) is -2.75. The lowest BCUT2D eigenvalue weighted by Crippen LogP contribution is -2.37. The van der Waals surface area contributed by atoms with Gasteiger partial charge in [-0.2, -0.15) is 10.6 Å². The van der Waals surface area contributed by atoms with Crippen LogP contribution in [0.15, 0.2) is 30.3 Å². The molecular weight excluding hydrogens is 430 g/mol. The minimum absolute atomic E-state index is 0.00265. The number of hydrogen-bond acceptors (Lipinski definition) is 7. The summed E-state index contributed by atoms with van der Waals surface area (Å²) in [6.07, 6.45) is 1.41. The molecule has 1 aliphatic rings. The monoisotopic (exact) mass is 463 g/mol. The first-order valence-corrected chi connectivity index (χ1v) is 12.7. The van der Waals surface area contributed by atoms with E-state index in [-0.39, 0.29) is 17.2 Å². The summed E-state index contributed by atoms with van der Waals surface area (Å²) in [5, 5.41) is 5.68. The van der Waals surface area contributed by atoms with Gasteiger partial charge in [0.1, 0.15) is 5.82 Å². The van der Waals surface area contributed by atoms with E-state index in [1.165, 1.54) is 6.26 Å². The van der Waals surface area contributed by atoms with Crippen LogP contribution in [0.1, 0.15) is 26.5 Å². The molecule has 32 heavy (non-hydrogen) atoms. The number of anilines is 2. The molecule has 2 heterocycles. The Labute approximate surface area is 191 Å². The van der Waals surface area contributed by atoms with E-state index in [1.807, 2.05) is 18.2 Å². The van der Waals surface area contributed by atoms with E-state index in [4.69, 9.17) is 9.72 Å². The van der Waals surface area contributed by atoms with Crippen LogP contribution in [0, 0.1) is 5.41 Å². The number of hydrogen-bond donors (Lipinski definition) is 4. The van der Waals surface area contributed by atoms with Gasteiger partial charge in [0.15, 0.2) is 5.82 Å². The Hall–Kier alpha value is -2.40. The van der Waals surface area contributed by atoms with Crippen LogP contribution in [0.25, 0.3) is 11.4 Å². The molecule has 9 nitrogen and oxygen atoms in total. The molecule has 0 radical (unpaired) electrons. The SMILES string of the molecule is CC(C)(C)CNC(=O)Nc1ccc(-c2nc(CS(C)(O)O)cc(N3CCOCC3)n2)cc1. The number of carbonyl (C=O) groups is 1. The highest BCUT2D eigenvalue weighted by atomic mass is 32.3. The third kappa shape index (κ3) is 7.63. The Kier molecular flexibility index (Phi) is 7.60. The van der Waals surface area contributed by atoms with Gasteiger partial charge in [0.2, 0.25) is 0 Å². The second-order valence-electron chi connectivity index (χ2n) is 9.22. The summed E-state index contributed by atoms with van der Waals surface area (Å²) in [6.45, 7) is 9.40. The Morgan fingerprint density at radius 3 is 2.41 bits per heavy atom. The number of nitrogens with one attached hydrogen (secondary N) is 2. The highest BCUT2D eigenvalue weighted by molar-refractivity contribution is 8.23. The van der Waals surface area contributed by atoms with E-state index in [2.05, 4.69) is 41.3 Å². The van der Waals surface area contributed by atoms with Gasteiger partial charge in [0.25, 0.3) is 0 Å². The fourth-order valence-corrected chi connectivity index (χ4v) is 3.85. The molecule has 0 saturated carbocycles. The number of benzene rings is 1. The van der Waals surface area contributed by atoms with Gasteiger partial charge in [0.05, 0.1) is 24.7 Å². The fourth-order valence-electron chi connectivity index (χ4n) is 3.14. The molecule has 0 aliphatic carbocycles. The zero-order valence-corrected chi connectivity index (χ0v) is 19.9. The van der Waals surface area contributed by atoms with Crippen LogP contribution in [0.4, 0.5) is 16.3 Å². The van der Waals surface area contributed by atoms with Gasteiger partial charge in [-0.25, -0.2) is 14.8 Å². The number of aromatic nitrogens is 2. The van der Waals surface area contributed by atoms with Crippen molar-refractivity contribution in [3.05, 3.63) is 36.0 Å². The Morgan fingerprint density at radius 1 is 1.16 bits per heavy atom. The molecule has 0 bridgehead atoms. The number of ether oxygens (including phenoxy) is 1. The smallest absolute Gasteiger partial charge is 0.319 e. The van der Waals surface area contributed by atoms with E-state index >= 15 is 0 Å². The maximum atomic E-state index is 12.1. The van der Waals surface area contributed by atoms with Crippen LogP contribution >= 0.6 is 10.6 Å². The lowest BCUT2D eigenvalue weighted by Gasteiger charge is -2.30. The second kappa shape index (κ2) is 10.0. The minimum atomic E-state index is -2.75. The molecule has 2 aromatic rings. The van der Waals surface area contributed by atoms with Crippen molar-refractivity contribution in [2.24, 2.45) is 5.41 Å². The van der Waals surface area contributed by atoms with Crippen molar-refractivity contribution in [2.45, 2.75) is 26.5 Å². The lowest BCUT2D eigenvalue weighted by molar-refractivity contribution is 0.122. The van der Waals surface area contributed by atoms with Crippen LogP contribution < -0.4 is 15.5 Å². The van der Waals surface area contributed by atoms with Crippen LogP contribution in [-0.4, -0.2) is 64.2 Å². The Balaban J connectivity index is 1.79. The van der Waals surface area contributed by atoms with Crippen molar-refractivity contribution >= 4 is 28.1 Å². The average Bonchev–Trinajstić information content (AvgIpc) is 2.71. The predicted molar refractivity (Wildman–Crippen MR) is 129 cm³/mol. The van der Waals surface area contributed by atoms with E-state index in [0.29, 0.717) is 50.1 Å². The Bertz CT molecular complexity index is 919. The summed E-state index contributed by atoms with van der Waals surface area (Å²) >= 11 is 0. The van der Waals surface area contributed by atoms with E-state index in [0.717, 1.165) is 11.4 Å². The molecule has 0 atom stereocenters. The molecule has 0 spiro atoms. The van der Waals surface area contributed by atoms with Gasteiger partial charge in [-0.05, 0) is 29.7 Å². The van der Waals surface area contributed by atoms with Crippen LogP contribution in [0.5, 0.6) is 0 Å². The van der Waals surface area contributed by atoms with Crippen molar-refractivity contribution in [3.8, 4) is 11.4 Å². The minimum Gasteiger partial charge on any atom is -0.378 e. The molecular formula is C22H33N5O4S. The van der Waals surface area contributed by atoms with Gasteiger partial charge in [-0.3, -0.25) is 9.11 Å². The number of amides is 2. The molecule has 0 unspecified atom stereocenters. The average molecular weight is 464 g/mol. The summed E-state index contributed by atoms with van der Waals surface area (Å²) in [4.78, 5) is 23.5. The summed E-state index contributed by atoms with van der Waals surface area (Å²) in [5.41, 5.74) is 2.01.